The van der Waals surface area contributed by atoms with Crippen LogP contribution in [0.3, 0.4) is 0 Å². The van der Waals surface area contributed by atoms with Gasteiger partial charge in [0.2, 0.25) is 0 Å². The molecule has 0 saturated carbocycles. The quantitative estimate of drug-likeness (QED) is 0.117. The van der Waals surface area contributed by atoms with Gasteiger partial charge in [-0.25, -0.2) is 0 Å². The van der Waals surface area contributed by atoms with Crippen LogP contribution in [-0.4, -0.2) is 146 Å². The fourth-order valence-corrected chi connectivity index (χ4v) is 13.0. The fraction of sp³-hybridized carbons (Fsp3) is 0.714. The molecule has 2 rings (SSSR count). The van der Waals surface area contributed by atoms with E-state index in [1.54, 1.807) is 0 Å². The molecule has 48 heavy (non-hydrogen) atoms. The Balaban J connectivity index is 2.57. The SMILES string of the molecule is CC(=O)OC[C@H]1O[C@H]([Se][Se][C@H]2O[C@H](COC(C)=O)[C@@H](OC(C)=O)[C@H](OC(C)=O)[C@H]2OC(C)=O)[C@H](OC(C)=O)[C@@H](OC(C)=O)[C@@H]1OC(C)=O. The third kappa shape index (κ3) is 13.0. The molecule has 2 heterocycles. The van der Waals surface area contributed by atoms with Gasteiger partial charge in [0.15, 0.2) is 0 Å². The van der Waals surface area contributed by atoms with Gasteiger partial charge < -0.3 is 0 Å². The summed E-state index contributed by atoms with van der Waals surface area (Å²) >= 11 is -1.63. The van der Waals surface area contributed by atoms with Gasteiger partial charge in [0.1, 0.15) is 0 Å². The molecule has 2 fully saturated rings. The van der Waals surface area contributed by atoms with Crippen molar-refractivity contribution in [1.82, 2.24) is 0 Å². The Bertz CT molecular complexity index is 1130. The average molecular weight is 821 g/mol. The Morgan fingerprint density at radius 2 is 0.646 bits per heavy atom. The first kappa shape index (κ1) is 40.9. The molecule has 2 saturated heterocycles. The second-order valence-electron chi connectivity index (χ2n) is 10.3. The Kier molecular flexibility index (Phi) is 16.2. The van der Waals surface area contributed by atoms with Gasteiger partial charge in [0.05, 0.1) is 0 Å². The van der Waals surface area contributed by atoms with Gasteiger partial charge in [-0.1, -0.05) is 0 Å². The summed E-state index contributed by atoms with van der Waals surface area (Å²) in [6.45, 7) is 8.00. The van der Waals surface area contributed by atoms with Crippen molar-refractivity contribution in [2.75, 3.05) is 13.2 Å². The summed E-state index contributed by atoms with van der Waals surface area (Å²) in [4.78, 5) is 96.2. The van der Waals surface area contributed by atoms with Gasteiger partial charge in [0, 0.05) is 0 Å². The Morgan fingerprint density at radius 3 is 0.896 bits per heavy atom. The minimum atomic E-state index is -1.40. The van der Waals surface area contributed by atoms with Crippen molar-refractivity contribution in [3.8, 4) is 0 Å². The van der Waals surface area contributed by atoms with E-state index in [1.807, 2.05) is 0 Å². The van der Waals surface area contributed by atoms with E-state index >= 15 is 0 Å². The van der Waals surface area contributed by atoms with Crippen LogP contribution < -0.4 is 0 Å². The van der Waals surface area contributed by atoms with E-state index < -0.39 is 146 Å². The van der Waals surface area contributed by atoms with Crippen LogP contribution >= 0.6 is 0 Å². The first-order valence-electron chi connectivity index (χ1n) is 14.3. The maximum absolute atomic E-state index is 12.2. The molecule has 20 heteroatoms. The summed E-state index contributed by atoms with van der Waals surface area (Å²) in [5.74, 6) is -6.15. The first-order valence-corrected chi connectivity index (χ1v) is 20.6. The number of carbonyl (C=O) groups excluding carboxylic acids is 8. The number of hydrogen-bond donors (Lipinski definition) is 0. The van der Waals surface area contributed by atoms with Crippen LogP contribution in [-0.2, 0) is 85.7 Å². The van der Waals surface area contributed by atoms with E-state index in [1.165, 1.54) is 0 Å². The molecule has 10 atom stereocenters. The van der Waals surface area contributed by atoms with E-state index in [9.17, 15) is 38.4 Å². The van der Waals surface area contributed by atoms with Crippen molar-refractivity contribution in [2.24, 2.45) is 0 Å². The summed E-state index contributed by atoms with van der Waals surface area (Å²) in [5, 5.41) is -2.13. The Hall–Kier alpha value is -3.28. The van der Waals surface area contributed by atoms with Crippen LogP contribution in [0.1, 0.15) is 55.4 Å². The molecule has 0 N–H and O–H groups in total. The second-order valence-corrected chi connectivity index (χ2v) is 17.3. The molecule has 0 aliphatic carbocycles. The van der Waals surface area contributed by atoms with Crippen LogP contribution in [0.2, 0.25) is 0 Å². The van der Waals surface area contributed by atoms with Gasteiger partial charge in [-0.05, 0) is 0 Å². The number of rotatable bonds is 13. The van der Waals surface area contributed by atoms with Crippen molar-refractivity contribution in [3.05, 3.63) is 0 Å². The van der Waals surface area contributed by atoms with Crippen LogP contribution in [0.4, 0.5) is 0 Å². The molecule has 0 aromatic rings. The molecule has 0 spiro atoms. The zero-order valence-electron chi connectivity index (χ0n) is 27.4. The molecule has 2 aliphatic rings. The summed E-state index contributed by atoms with van der Waals surface area (Å²) in [6, 6.07) is 0. The molecule has 0 aromatic carbocycles. The zero-order valence-corrected chi connectivity index (χ0v) is 30.8. The molecule has 2 aliphatic heterocycles. The van der Waals surface area contributed by atoms with Crippen LogP contribution in [0.15, 0.2) is 0 Å². The van der Waals surface area contributed by atoms with E-state index in [2.05, 4.69) is 0 Å². The fourth-order valence-electron chi connectivity index (χ4n) is 4.64. The minimum absolute atomic E-state index is 0.434. The third-order valence-electron chi connectivity index (χ3n) is 6.14. The molecule has 0 amide bonds. The summed E-state index contributed by atoms with van der Waals surface area (Å²) in [6.07, 6.45) is -10.6. The number of hydrogen-bond acceptors (Lipinski definition) is 18. The van der Waals surface area contributed by atoms with Crippen molar-refractivity contribution < 1.29 is 85.7 Å². The van der Waals surface area contributed by atoms with E-state index in [-0.39, 0.29) is 0 Å². The van der Waals surface area contributed by atoms with Crippen LogP contribution in [0, 0.1) is 0 Å². The standard InChI is InChI=1S/C28H38O18Se2/c1-11(29)37-9-19-21(39-13(3)31)23(41-15(5)33)25(43-17(7)35)27(45-19)47-48-28-26(44-18(8)36)24(42-16(6)34)22(40-14(4)32)20(46-28)10-38-12(2)30/h19-28H,9-10H2,1-8H3/t19-,20-,21-,22-,23+,24+,25-,26-,27-,28-/m1/s1. The van der Waals surface area contributed by atoms with Crippen LogP contribution in [0.25, 0.3) is 0 Å². The number of carbonyl (C=O) groups is 8. The number of ether oxygens (including phenoxy) is 10. The van der Waals surface area contributed by atoms with Gasteiger partial charge in [-0.2, -0.15) is 0 Å². The molecule has 18 nitrogen and oxygen atoms in total. The molecule has 0 bridgehead atoms. The Labute approximate surface area is 286 Å². The van der Waals surface area contributed by atoms with Gasteiger partial charge >= 0.3 is 287 Å². The first-order chi connectivity index (χ1) is 22.4. The zero-order chi connectivity index (χ0) is 36.3. The summed E-state index contributed by atoms with van der Waals surface area (Å²) in [7, 11) is 0. The third-order valence-corrected chi connectivity index (χ3v) is 14.1. The van der Waals surface area contributed by atoms with Gasteiger partial charge in [0.25, 0.3) is 0 Å². The molecule has 0 unspecified atom stereocenters. The topological polar surface area (TPSA) is 229 Å². The van der Waals surface area contributed by atoms with Crippen molar-refractivity contribution in [3.63, 3.8) is 0 Å². The summed E-state index contributed by atoms with van der Waals surface area (Å²) in [5.41, 5.74) is 0. The van der Waals surface area contributed by atoms with E-state index in [4.69, 9.17) is 47.4 Å². The molecule has 0 aromatic heterocycles. The van der Waals surface area contributed by atoms with Crippen molar-refractivity contribution in [1.29, 1.82) is 0 Å². The van der Waals surface area contributed by atoms with Crippen molar-refractivity contribution >= 4 is 74.0 Å². The summed E-state index contributed by atoms with van der Waals surface area (Å²) < 4.78 is 55.4. The van der Waals surface area contributed by atoms with Crippen LogP contribution in [0.5, 0.6) is 0 Å². The monoisotopic (exact) mass is 822 g/mol. The predicted molar refractivity (Wildman–Crippen MR) is 155 cm³/mol. The molecule has 0 radical (unpaired) electrons. The molecule has 270 valence electrons. The normalized spacial score (nSPS) is 29.7. The average Bonchev–Trinajstić information content (AvgIpc) is 2.93. The van der Waals surface area contributed by atoms with E-state index in [0.29, 0.717) is 0 Å². The van der Waals surface area contributed by atoms with Crippen molar-refractivity contribution in [2.45, 2.75) is 114 Å². The van der Waals surface area contributed by atoms with Gasteiger partial charge in [-0.3, -0.25) is 0 Å². The molecular formula is C28H38O18Se2. The van der Waals surface area contributed by atoms with E-state index in [0.717, 1.165) is 55.4 Å². The predicted octanol–water partition coefficient (Wildman–Crippen LogP) is -1.52. The molecular weight excluding hydrogens is 782 g/mol. The van der Waals surface area contributed by atoms with Gasteiger partial charge in [-0.15, -0.1) is 0 Å². The Morgan fingerprint density at radius 1 is 0.396 bits per heavy atom. The second kappa shape index (κ2) is 19.0. The number of esters is 8. The maximum atomic E-state index is 12.2.